The zero-order valence-corrected chi connectivity index (χ0v) is 16.9. The van der Waals surface area contributed by atoms with Crippen molar-refractivity contribution in [3.63, 3.8) is 0 Å². The van der Waals surface area contributed by atoms with E-state index in [1.54, 1.807) is 12.6 Å². The van der Waals surface area contributed by atoms with Crippen molar-refractivity contribution in [1.82, 2.24) is 14.5 Å². The van der Waals surface area contributed by atoms with E-state index >= 15 is 0 Å². The molecule has 2 aromatic carbocycles. The Hall–Kier alpha value is -3.86. The number of hydrogen-bond donors (Lipinski definition) is 0. The van der Waals surface area contributed by atoms with Gasteiger partial charge in [-0.1, -0.05) is 42.5 Å². The molecule has 5 rings (SSSR count). The summed E-state index contributed by atoms with van der Waals surface area (Å²) in [6, 6.07) is 22.2. The molecule has 0 radical (unpaired) electrons. The third-order valence-electron chi connectivity index (χ3n) is 5.44. The Kier molecular flexibility index (Phi) is 4.56. The average molecular weight is 395 g/mol. The number of hydrogen-bond acceptors (Lipinski definition) is 4. The fourth-order valence-electron chi connectivity index (χ4n) is 3.72. The molecule has 3 heterocycles. The molecule has 0 amide bonds. The lowest BCUT2D eigenvalue weighted by Crippen LogP contribution is -2.02. The van der Waals surface area contributed by atoms with E-state index in [0.29, 0.717) is 12.4 Å². The van der Waals surface area contributed by atoms with Gasteiger partial charge in [0, 0.05) is 5.69 Å². The predicted molar refractivity (Wildman–Crippen MR) is 117 cm³/mol. The van der Waals surface area contributed by atoms with Crippen LogP contribution in [0.5, 0.6) is 11.6 Å². The van der Waals surface area contributed by atoms with E-state index in [2.05, 4.69) is 52.6 Å². The Balaban J connectivity index is 1.49. The van der Waals surface area contributed by atoms with Gasteiger partial charge in [0.25, 0.3) is 0 Å². The summed E-state index contributed by atoms with van der Waals surface area (Å²) in [5.74, 6) is 2.18. The van der Waals surface area contributed by atoms with Crippen molar-refractivity contribution in [3.8, 4) is 22.8 Å². The molecule has 0 spiro atoms. The molecule has 0 aliphatic carbocycles. The second kappa shape index (κ2) is 7.52. The van der Waals surface area contributed by atoms with Crippen LogP contribution < -0.4 is 4.74 Å². The van der Waals surface area contributed by atoms with Gasteiger partial charge in [-0.05, 0) is 54.8 Å². The van der Waals surface area contributed by atoms with Crippen molar-refractivity contribution < 1.29 is 9.15 Å². The van der Waals surface area contributed by atoms with E-state index in [4.69, 9.17) is 9.15 Å². The molecule has 0 fully saturated rings. The average Bonchev–Trinajstić information content (AvgIpc) is 3.38. The first-order valence-corrected chi connectivity index (χ1v) is 9.87. The summed E-state index contributed by atoms with van der Waals surface area (Å²) in [6.07, 6.45) is 3.24. The van der Waals surface area contributed by atoms with Crippen LogP contribution in [-0.2, 0) is 6.54 Å². The number of rotatable bonds is 5. The minimum Gasteiger partial charge on any atom is -0.467 e. The summed E-state index contributed by atoms with van der Waals surface area (Å²) < 4.78 is 13.8. The van der Waals surface area contributed by atoms with Gasteiger partial charge in [-0.25, -0.2) is 9.97 Å². The van der Waals surface area contributed by atoms with E-state index in [-0.39, 0.29) is 0 Å². The van der Waals surface area contributed by atoms with Gasteiger partial charge in [0.05, 0.1) is 18.2 Å². The second-order valence-corrected chi connectivity index (χ2v) is 7.25. The van der Waals surface area contributed by atoms with Gasteiger partial charge >= 0.3 is 0 Å². The quantitative estimate of drug-likeness (QED) is 0.358. The van der Waals surface area contributed by atoms with Gasteiger partial charge in [0.15, 0.2) is 0 Å². The molecule has 30 heavy (non-hydrogen) atoms. The van der Waals surface area contributed by atoms with Crippen molar-refractivity contribution in [2.45, 2.75) is 20.4 Å². The first kappa shape index (κ1) is 18.2. The number of furan rings is 1. The van der Waals surface area contributed by atoms with Crippen molar-refractivity contribution in [1.29, 1.82) is 0 Å². The van der Waals surface area contributed by atoms with Gasteiger partial charge in [-0.15, -0.1) is 0 Å². The van der Waals surface area contributed by atoms with Crippen LogP contribution in [0.15, 0.2) is 83.7 Å². The maximum atomic E-state index is 6.18. The standard InChI is InChI=1S/C25H21N3O2/c1-17-18(2)28(15-22-9-6-14-29-22)24-23(17)25(27-16-26-24)30-21-12-10-20(11-13-21)19-7-4-3-5-8-19/h3-14,16H,15H2,1-2H3. The Morgan fingerprint density at radius 1 is 0.867 bits per heavy atom. The second-order valence-electron chi connectivity index (χ2n) is 7.25. The Bertz CT molecular complexity index is 1290. The fourth-order valence-corrected chi connectivity index (χ4v) is 3.72. The Morgan fingerprint density at radius 2 is 1.63 bits per heavy atom. The minimum absolute atomic E-state index is 0.561. The van der Waals surface area contributed by atoms with Gasteiger partial charge < -0.3 is 13.7 Å². The molecule has 0 unspecified atom stereocenters. The van der Waals surface area contributed by atoms with Crippen molar-refractivity contribution in [2.24, 2.45) is 0 Å². The maximum absolute atomic E-state index is 6.18. The van der Waals surface area contributed by atoms with Gasteiger partial charge in [0.2, 0.25) is 5.88 Å². The fraction of sp³-hybridized carbons (Fsp3) is 0.120. The van der Waals surface area contributed by atoms with Crippen LogP contribution >= 0.6 is 0 Å². The highest BCUT2D eigenvalue weighted by Crippen LogP contribution is 2.33. The molecular formula is C25H21N3O2. The number of ether oxygens (including phenoxy) is 1. The van der Waals surface area contributed by atoms with E-state index in [0.717, 1.165) is 39.4 Å². The van der Waals surface area contributed by atoms with Crippen LogP contribution in [0, 0.1) is 13.8 Å². The van der Waals surface area contributed by atoms with Crippen LogP contribution in [0.2, 0.25) is 0 Å². The molecule has 5 aromatic rings. The predicted octanol–water partition coefficient (Wildman–Crippen LogP) is 6.15. The van der Waals surface area contributed by atoms with Crippen LogP contribution in [0.25, 0.3) is 22.2 Å². The largest absolute Gasteiger partial charge is 0.467 e. The lowest BCUT2D eigenvalue weighted by molar-refractivity contribution is 0.467. The molecule has 0 N–H and O–H groups in total. The molecule has 0 atom stereocenters. The third kappa shape index (κ3) is 3.24. The van der Waals surface area contributed by atoms with Crippen LogP contribution in [0.4, 0.5) is 0 Å². The topological polar surface area (TPSA) is 53.1 Å². The number of aromatic nitrogens is 3. The summed E-state index contributed by atoms with van der Waals surface area (Å²) in [6.45, 7) is 4.77. The van der Waals surface area contributed by atoms with E-state index in [9.17, 15) is 0 Å². The molecule has 0 bridgehead atoms. The van der Waals surface area contributed by atoms with Crippen LogP contribution in [0.3, 0.4) is 0 Å². The summed E-state index contributed by atoms with van der Waals surface area (Å²) in [7, 11) is 0. The van der Waals surface area contributed by atoms with E-state index < -0.39 is 0 Å². The molecule has 0 saturated carbocycles. The van der Waals surface area contributed by atoms with Crippen molar-refractivity contribution in [2.75, 3.05) is 0 Å². The highest BCUT2D eigenvalue weighted by atomic mass is 16.5. The molecule has 3 aromatic heterocycles. The van der Waals surface area contributed by atoms with E-state index in [1.165, 1.54) is 5.56 Å². The van der Waals surface area contributed by atoms with Gasteiger partial charge in [-0.2, -0.15) is 0 Å². The third-order valence-corrected chi connectivity index (χ3v) is 5.44. The van der Waals surface area contributed by atoms with Crippen molar-refractivity contribution >= 4 is 11.0 Å². The molecular weight excluding hydrogens is 374 g/mol. The molecule has 0 aliphatic rings. The zero-order chi connectivity index (χ0) is 20.5. The summed E-state index contributed by atoms with van der Waals surface area (Å²) >= 11 is 0. The van der Waals surface area contributed by atoms with Crippen LogP contribution in [-0.4, -0.2) is 14.5 Å². The highest BCUT2D eigenvalue weighted by molar-refractivity contribution is 5.87. The lowest BCUT2D eigenvalue weighted by Gasteiger charge is -2.08. The lowest BCUT2D eigenvalue weighted by atomic mass is 10.1. The normalized spacial score (nSPS) is 11.1. The molecule has 148 valence electrons. The first-order valence-electron chi connectivity index (χ1n) is 9.87. The number of fused-ring (bicyclic) bond motifs is 1. The molecule has 5 heteroatoms. The monoisotopic (exact) mass is 395 g/mol. The molecule has 0 aliphatic heterocycles. The minimum atomic E-state index is 0.561. The number of aryl methyl sites for hydroxylation is 1. The van der Waals surface area contributed by atoms with Gasteiger partial charge in [0.1, 0.15) is 23.5 Å². The highest BCUT2D eigenvalue weighted by Gasteiger charge is 2.18. The number of nitrogens with zero attached hydrogens (tertiary/aromatic N) is 3. The smallest absolute Gasteiger partial charge is 0.232 e. The van der Waals surface area contributed by atoms with Crippen molar-refractivity contribution in [3.05, 3.63) is 96.3 Å². The summed E-state index contributed by atoms with van der Waals surface area (Å²) in [5, 5.41) is 0.925. The Labute approximate surface area is 174 Å². The maximum Gasteiger partial charge on any atom is 0.232 e. The molecule has 0 saturated heterocycles. The number of benzene rings is 2. The summed E-state index contributed by atoms with van der Waals surface area (Å²) in [5.41, 5.74) is 5.38. The first-order chi connectivity index (χ1) is 14.7. The van der Waals surface area contributed by atoms with Crippen LogP contribution in [0.1, 0.15) is 17.0 Å². The zero-order valence-electron chi connectivity index (χ0n) is 16.9. The van der Waals surface area contributed by atoms with E-state index in [1.807, 2.05) is 42.5 Å². The summed E-state index contributed by atoms with van der Waals surface area (Å²) in [4.78, 5) is 8.95. The molecule has 5 nitrogen and oxygen atoms in total. The SMILES string of the molecule is Cc1c(C)n(Cc2ccco2)c2ncnc(Oc3ccc(-c4ccccc4)cc3)c12. The van der Waals surface area contributed by atoms with Gasteiger partial charge in [-0.3, -0.25) is 0 Å². The Morgan fingerprint density at radius 3 is 2.37 bits per heavy atom.